The summed E-state index contributed by atoms with van der Waals surface area (Å²) in [6.07, 6.45) is 3.55. The number of carbonyl (C=O) groups excluding carboxylic acids is 1. The Hall–Kier alpha value is -2.34. The van der Waals surface area contributed by atoms with Crippen LogP contribution < -0.4 is 10.2 Å². The van der Waals surface area contributed by atoms with Crippen molar-refractivity contribution in [3.8, 4) is 0 Å². The molecule has 0 aliphatic carbocycles. The zero-order valence-electron chi connectivity index (χ0n) is 14.2. The van der Waals surface area contributed by atoms with E-state index in [1.807, 2.05) is 12.1 Å². The number of amides is 1. The highest BCUT2D eigenvalue weighted by molar-refractivity contribution is 7.22. The Morgan fingerprint density at radius 3 is 3.20 bits per heavy atom. The molecule has 1 saturated heterocycles. The summed E-state index contributed by atoms with van der Waals surface area (Å²) in [5.41, 5.74) is 2.28. The lowest BCUT2D eigenvalue weighted by atomic mass is 9.97. The average Bonchev–Trinajstić information content (AvgIpc) is 3.28. The van der Waals surface area contributed by atoms with Crippen LogP contribution in [0.15, 0.2) is 41.0 Å². The molecule has 3 heterocycles. The fourth-order valence-electron chi connectivity index (χ4n) is 3.25. The third-order valence-corrected chi connectivity index (χ3v) is 5.69. The maximum atomic E-state index is 12.5. The molecule has 1 atom stereocenters. The highest BCUT2D eigenvalue weighted by Gasteiger charge is 2.27. The molecular weight excluding hydrogens is 334 g/mol. The van der Waals surface area contributed by atoms with Crippen molar-refractivity contribution in [1.29, 1.82) is 0 Å². The van der Waals surface area contributed by atoms with Gasteiger partial charge in [0.15, 0.2) is 5.13 Å². The molecule has 0 saturated carbocycles. The summed E-state index contributed by atoms with van der Waals surface area (Å²) in [6, 6.07) is 10.0. The van der Waals surface area contributed by atoms with Gasteiger partial charge in [0.25, 0.3) is 0 Å². The first kappa shape index (κ1) is 16.1. The van der Waals surface area contributed by atoms with E-state index in [0.717, 1.165) is 42.3 Å². The highest BCUT2D eigenvalue weighted by Crippen LogP contribution is 2.32. The summed E-state index contributed by atoms with van der Waals surface area (Å²) in [7, 11) is 0. The minimum absolute atomic E-state index is 0.00235. The van der Waals surface area contributed by atoms with Crippen LogP contribution in [0.3, 0.4) is 0 Å². The van der Waals surface area contributed by atoms with Crippen LogP contribution in [-0.2, 0) is 11.3 Å². The number of nitrogens with zero attached hydrogens (tertiary/aromatic N) is 2. The van der Waals surface area contributed by atoms with Crippen LogP contribution in [0.5, 0.6) is 0 Å². The molecule has 25 heavy (non-hydrogen) atoms. The van der Waals surface area contributed by atoms with Gasteiger partial charge >= 0.3 is 0 Å². The largest absolute Gasteiger partial charge is 0.467 e. The third-order valence-electron chi connectivity index (χ3n) is 4.61. The van der Waals surface area contributed by atoms with Gasteiger partial charge in [0.05, 0.1) is 28.9 Å². The van der Waals surface area contributed by atoms with Gasteiger partial charge in [0.1, 0.15) is 5.76 Å². The Bertz CT molecular complexity index is 872. The number of aryl methyl sites for hydroxylation is 1. The fourth-order valence-corrected chi connectivity index (χ4v) is 4.35. The van der Waals surface area contributed by atoms with Gasteiger partial charge in [-0.3, -0.25) is 4.79 Å². The van der Waals surface area contributed by atoms with Crippen LogP contribution in [0, 0.1) is 12.8 Å². The Kier molecular flexibility index (Phi) is 4.44. The third kappa shape index (κ3) is 3.54. The van der Waals surface area contributed by atoms with Crippen LogP contribution >= 0.6 is 11.3 Å². The van der Waals surface area contributed by atoms with Crippen molar-refractivity contribution in [2.45, 2.75) is 26.3 Å². The van der Waals surface area contributed by atoms with Crippen molar-refractivity contribution in [2.75, 3.05) is 18.0 Å². The molecule has 1 N–H and O–H groups in total. The second-order valence-corrected chi connectivity index (χ2v) is 7.56. The second-order valence-electron chi connectivity index (χ2n) is 6.55. The number of hydrogen-bond acceptors (Lipinski definition) is 5. The molecule has 1 amide bonds. The van der Waals surface area contributed by atoms with Crippen molar-refractivity contribution in [3.05, 3.63) is 47.9 Å². The van der Waals surface area contributed by atoms with Crippen LogP contribution in [0.2, 0.25) is 0 Å². The first-order valence-electron chi connectivity index (χ1n) is 8.61. The summed E-state index contributed by atoms with van der Waals surface area (Å²) in [5, 5.41) is 4.00. The van der Waals surface area contributed by atoms with Gasteiger partial charge in [-0.25, -0.2) is 4.98 Å². The maximum Gasteiger partial charge on any atom is 0.225 e. The number of anilines is 1. The number of thiazole rings is 1. The molecule has 0 spiro atoms. The Labute approximate surface area is 150 Å². The van der Waals surface area contributed by atoms with E-state index in [1.165, 1.54) is 10.3 Å². The number of aromatic nitrogens is 1. The SMILES string of the molecule is Cc1ccc2nc(N3CCCC(C(=O)NCc4ccco4)C3)sc2c1. The molecule has 0 radical (unpaired) electrons. The Balaban J connectivity index is 1.43. The molecule has 4 rings (SSSR count). The molecule has 3 aromatic rings. The number of piperidine rings is 1. The van der Waals surface area contributed by atoms with E-state index < -0.39 is 0 Å². The molecule has 1 aliphatic rings. The van der Waals surface area contributed by atoms with E-state index in [-0.39, 0.29) is 11.8 Å². The number of carbonyl (C=O) groups is 1. The molecule has 130 valence electrons. The molecular formula is C19H21N3O2S. The molecule has 0 bridgehead atoms. The molecule has 5 nitrogen and oxygen atoms in total. The standard InChI is InChI=1S/C19H21N3O2S/c1-13-6-7-16-17(10-13)25-19(21-16)22-8-2-4-14(12-22)18(23)20-11-15-5-3-9-24-15/h3,5-7,9-10,14H,2,4,8,11-12H2,1H3,(H,20,23). The summed E-state index contributed by atoms with van der Waals surface area (Å²) in [4.78, 5) is 19.5. The van der Waals surface area contributed by atoms with Gasteiger partial charge in [-0.05, 0) is 49.6 Å². The summed E-state index contributed by atoms with van der Waals surface area (Å²) in [6.45, 7) is 4.23. The van der Waals surface area contributed by atoms with Crippen molar-refractivity contribution >= 4 is 32.6 Å². The number of nitrogens with one attached hydrogen (secondary N) is 1. The zero-order valence-corrected chi connectivity index (χ0v) is 15.0. The van der Waals surface area contributed by atoms with E-state index >= 15 is 0 Å². The number of fused-ring (bicyclic) bond motifs is 1. The number of hydrogen-bond donors (Lipinski definition) is 1. The first-order valence-corrected chi connectivity index (χ1v) is 9.43. The lowest BCUT2D eigenvalue weighted by Gasteiger charge is -2.31. The monoisotopic (exact) mass is 355 g/mol. The number of benzene rings is 1. The van der Waals surface area contributed by atoms with Crippen LogP contribution in [0.1, 0.15) is 24.2 Å². The topological polar surface area (TPSA) is 58.4 Å². The number of rotatable bonds is 4. The van der Waals surface area contributed by atoms with Gasteiger partial charge < -0.3 is 14.6 Å². The van der Waals surface area contributed by atoms with Crippen LogP contribution in [0.4, 0.5) is 5.13 Å². The summed E-state index contributed by atoms with van der Waals surface area (Å²) in [5.74, 6) is 0.873. The average molecular weight is 355 g/mol. The zero-order chi connectivity index (χ0) is 17.2. The second kappa shape index (κ2) is 6.88. The van der Waals surface area contributed by atoms with Crippen molar-refractivity contribution in [1.82, 2.24) is 10.3 Å². The molecule has 6 heteroatoms. The van der Waals surface area contributed by atoms with Gasteiger partial charge in [0, 0.05) is 13.1 Å². The van der Waals surface area contributed by atoms with Crippen molar-refractivity contribution < 1.29 is 9.21 Å². The van der Waals surface area contributed by atoms with Gasteiger partial charge in [-0.1, -0.05) is 17.4 Å². The van der Waals surface area contributed by atoms with Crippen LogP contribution in [-0.4, -0.2) is 24.0 Å². The van der Waals surface area contributed by atoms with E-state index in [0.29, 0.717) is 6.54 Å². The van der Waals surface area contributed by atoms with E-state index in [1.54, 1.807) is 17.6 Å². The Morgan fingerprint density at radius 2 is 2.36 bits per heavy atom. The summed E-state index contributed by atoms with van der Waals surface area (Å²) < 4.78 is 6.48. The normalized spacial score (nSPS) is 17.8. The highest BCUT2D eigenvalue weighted by atomic mass is 32.1. The minimum atomic E-state index is -0.00235. The molecule has 1 aromatic carbocycles. The smallest absolute Gasteiger partial charge is 0.225 e. The van der Waals surface area contributed by atoms with Crippen molar-refractivity contribution in [3.63, 3.8) is 0 Å². The van der Waals surface area contributed by atoms with Crippen LogP contribution in [0.25, 0.3) is 10.2 Å². The molecule has 2 aromatic heterocycles. The lowest BCUT2D eigenvalue weighted by Crippen LogP contribution is -2.42. The molecule has 1 aliphatic heterocycles. The number of furan rings is 1. The summed E-state index contributed by atoms with van der Waals surface area (Å²) >= 11 is 1.71. The van der Waals surface area contributed by atoms with Gasteiger partial charge in [-0.15, -0.1) is 0 Å². The molecule has 1 fully saturated rings. The van der Waals surface area contributed by atoms with Gasteiger partial charge in [-0.2, -0.15) is 0 Å². The predicted molar refractivity (Wildman–Crippen MR) is 99.8 cm³/mol. The first-order chi connectivity index (χ1) is 12.2. The van der Waals surface area contributed by atoms with Gasteiger partial charge in [0.2, 0.25) is 5.91 Å². The Morgan fingerprint density at radius 1 is 1.44 bits per heavy atom. The van der Waals surface area contributed by atoms with E-state index in [4.69, 9.17) is 9.40 Å². The maximum absolute atomic E-state index is 12.5. The molecule has 1 unspecified atom stereocenters. The quantitative estimate of drug-likeness (QED) is 0.775. The fraction of sp³-hybridized carbons (Fsp3) is 0.368. The lowest BCUT2D eigenvalue weighted by molar-refractivity contribution is -0.125. The van der Waals surface area contributed by atoms with E-state index in [9.17, 15) is 4.79 Å². The predicted octanol–water partition coefficient (Wildman–Crippen LogP) is 3.73. The minimum Gasteiger partial charge on any atom is -0.467 e. The van der Waals surface area contributed by atoms with E-state index in [2.05, 4.69) is 35.3 Å². The van der Waals surface area contributed by atoms with Crippen molar-refractivity contribution in [2.24, 2.45) is 5.92 Å².